The lowest BCUT2D eigenvalue weighted by Gasteiger charge is -2.40. The Morgan fingerprint density at radius 3 is 2.26 bits per heavy atom. The number of allylic oxidation sites excluding steroid dienone is 1. The van der Waals surface area contributed by atoms with Crippen LogP contribution in [0, 0.1) is 25.6 Å². The molecule has 9 nitrogen and oxygen atoms in total. The van der Waals surface area contributed by atoms with Crippen LogP contribution >= 0.6 is 11.8 Å². The maximum absolute atomic E-state index is 14.1. The number of esters is 1. The summed E-state index contributed by atoms with van der Waals surface area (Å²) in [5.74, 6) is -0.323. The number of carbonyl (C=O) groups excluding carboxylic acids is 2. The van der Waals surface area contributed by atoms with Gasteiger partial charge in [0.15, 0.2) is 5.78 Å². The molecule has 1 aliphatic carbocycles. The summed E-state index contributed by atoms with van der Waals surface area (Å²) in [5.41, 5.74) is 0.920. The fraction of sp³-hybridized carbons (Fsp3) is 0.280. The van der Waals surface area contributed by atoms with Crippen LogP contribution in [0.5, 0.6) is 0 Å². The number of ketones is 1. The van der Waals surface area contributed by atoms with Crippen molar-refractivity contribution < 1.29 is 24.2 Å². The second kappa shape index (κ2) is 9.83. The minimum absolute atomic E-state index is 0.0467. The van der Waals surface area contributed by atoms with Crippen molar-refractivity contribution >= 4 is 41.0 Å². The summed E-state index contributed by atoms with van der Waals surface area (Å²) in [6.45, 7) is 1.87. The van der Waals surface area contributed by atoms with Crippen LogP contribution in [0.4, 0.5) is 11.4 Å². The van der Waals surface area contributed by atoms with E-state index >= 15 is 0 Å². The Morgan fingerprint density at radius 1 is 1.09 bits per heavy atom. The molecule has 1 aliphatic heterocycles. The topological polar surface area (TPSA) is 130 Å². The number of rotatable bonds is 6. The summed E-state index contributed by atoms with van der Waals surface area (Å²) in [6, 6.07) is 12.0. The van der Waals surface area contributed by atoms with Crippen LogP contribution in [0.25, 0.3) is 6.08 Å². The highest BCUT2D eigenvalue weighted by atomic mass is 32.2. The number of benzene rings is 2. The Labute approximate surface area is 205 Å². The SMILES string of the molecule is CCOC(=O)C1=CC[C@H](c2ccc([N+](=O)[O-])cc2)[C@@]12CSC/C(=C\c1ccc([N+](=O)[O-])cc1)C2=O. The molecule has 0 amide bonds. The van der Waals surface area contributed by atoms with Crippen molar-refractivity contribution in [1.82, 2.24) is 0 Å². The van der Waals surface area contributed by atoms with Crippen molar-refractivity contribution in [3.05, 3.63) is 97.1 Å². The third kappa shape index (κ3) is 4.49. The van der Waals surface area contributed by atoms with Crippen molar-refractivity contribution in [3.63, 3.8) is 0 Å². The van der Waals surface area contributed by atoms with E-state index < -0.39 is 21.2 Å². The molecule has 1 saturated heterocycles. The molecule has 4 rings (SSSR count). The predicted octanol–water partition coefficient (Wildman–Crippen LogP) is 4.87. The molecule has 10 heteroatoms. The first kappa shape index (κ1) is 24.3. The molecule has 0 radical (unpaired) electrons. The fourth-order valence-corrected chi connectivity index (χ4v) is 6.08. The monoisotopic (exact) mass is 494 g/mol. The van der Waals surface area contributed by atoms with E-state index in [0.717, 1.165) is 5.56 Å². The van der Waals surface area contributed by atoms with Gasteiger partial charge in [0.25, 0.3) is 11.4 Å². The van der Waals surface area contributed by atoms with Gasteiger partial charge in [-0.15, -0.1) is 0 Å². The van der Waals surface area contributed by atoms with Crippen LogP contribution in [0.2, 0.25) is 0 Å². The van der Waals surface area contributed by atoms with Crippen LogP contribution < -0.4 is 0 Å². The molecule has 2 aromatic rings. The van der Waals surface area contributed by atoms with E-state index in [2.05, 4.69) is 0 Å². The van der Waals surface area contributed by atoms with Gasteiger partial charge in [-0.05, 0) is 42.7 Å². The average molecular weight is 495 g/mol. The molecule has 0 bridgehead atoms. The summed E-state index contributed by atoms with van der Waals surface area (Å²) in [6.07, 6.45) is 3.87. The van der Waals surface area contributed by atoms with Crippen LogP contribution in [0.1, 0.15) is 30.4 Å². The number of carbonyl (C=O) groups is 2. The molecular weight excluding hydrogens is 472 g/mol. The van der Waals surface area contributed by atoms with Crippen LogP contribution in [-0.2, 0) is 14.3 Å². The van der Waals surface area contributed by atoms with Crippen LogP contribution in [-0.4, -0.2) is 39.7 Å². The highest BCUT2D eigenvalue weighted by Crippen LogP contribution is 2.56. The first-order chi connectivity index (χ1) is 16.8. The number of nitro benzene ring substituents is 2. The molecule has 2 aromatic carbocycles. The number of thioether (sulfide) groups is 1. The number of hydrogen-bond donors (Lipinski definition) is 0. The standard InChI is InChI=1S/C25H22N2O7S/c1-2-34-24(29)22-12-11-21(17-5-9-20(10-6-17)27(32)33)25(22)15-35-14-18(23(25)28)13-16-3-7-19(8-4-16)26(30)31/h3-10,12-13,21H,2,11,14-15H2,1H3/b18-13+/t21-,25+/m1/s1. The van der Waals surface area contributed by atoms with Crippen molar-refractivity contribution in [2.24, 2.45) is 5.41 Å². The van der Waals surface area contributed by atoms with Crippen LogP contribution in [0.3, 0.4) is 0 Å². The summed E-state index contributed by atoms with van der Waals surface area (Å²) in [7, 11) is 0. The van der Waals surface area contributed by atoms with E-state index in [4.69, 9.17) is 4.74 Å². The van der Waals surface area contributed by atoms with Gasteiger partial charge in [-0.2, -0.15) is 11.8 Å². The Hall–Kier alpha value is -3.79. The van der Waals surface area contributed by atoms with Gasteiger partial charge in [0, 0.05) is 52.8 Å². The second-order valence-corrected chi connectivity index (χ2v) is 9.27. The molecule has 0 unspecified atom stereocenters. The Bertz CT molecular complexity index is 1250. The first-order valence-corrected chi connectivity index (χ1v) is 12.1. The highest BCUT2D eigenvalue weighted by molar-refractivity contribution is 7.99. The molecule has 1 fully saturated rings. The molecule has 35 heavy (non-hydrogen) atoms. The molecule has 0 aromatic heterocycles. The summed E-state index contributed by atoms with van der Waals surface area (Å²) in [5, 5.41) is 22.1. The number of nitrogens with zero attached hydrogens (tertiary/aromatic N) is 2. The van der Waals surface area contributed by atoms with Crippen molar-refractivity contribution in [2.75, 3.05) is 18.1 Å². The van der Waals surface area contributed by atoms with Gasteiger partial charge in [0.05, 0.1) is 21.9 Å². The van der Waals surface area contributed by atoms with Gasteiger partial charge >= 0.3 is 5.97 Å². The number of non-ortho nitro benzene ring substituents is 2. The van der Waals surface area contributed by atoms with E-state index in [9.17, 15) is 29.8 Å². The first-order valence-electron chi connectivity index (χ1n) is 11.0. The number of hydrogen-bond acceptors (Lipinski definition) is 8. The van der Waals surface area contributed by atoms with E-state index in [1.165, 1.54) is 36.0 Å². The number of nitro groups is 2. The van der Waals surface area contributed by atoms with Gasteiger partial charge in [-0.3, -0.25) is 25.0 Å². The molecular formula is C25H22N2O7S. The molecule has 1 heterocycles. The van der Waals surface area contributed by atoms with E-state index in [-0.39, 0.29) is 29.7 Å². The van der Waals surface area contributed by atoms with Gasteiger partial charge in [0.1, 0.15) is 0 Å². The van der Waals surface area contributed by atoms with Crippen molar-refractivity contribution in [2.45, 2.75) is 19.3 Å². The zero-order valence-corrected chi connectivity index (χ0v) is 19.7. The summed E-state index contributed by atoms with van der Waals surface area (Å²) in [4.78, 5) is 48.1. The minimum atomic E-state index is -1.17. The quantitative estimate of drug-likeness (QED) is 0.241. The summed E-state index contributed by atoms with van der Waals surface area (Å²) >= 11 is 1.52. The van der Waals surface area contributed by atoms with Crippen molar-refractivity contribution in [3.8, 4) is 0 Å². The van der Waals surface area contributed by atoms with E-state index in [1.807, 2.05) is 0 Å². The van der Waals surface area contributed by atoms with Crippen LogP contribution in [0.15, 0.2) is 65.8 Å². The zero-order valence-electron chi connectivity index (χ0n) is 18.8. The Morgan fingerprint density at radius 2 is 1.69 bits per heavy atom. The molecule has 2 aliphatic rings. The maximum atomic E-state index is 14.1. The van der Waals surface area contributed by atoms with E-state index in [0.29, 0.717) is 34.6 Å². The molecule has 2 atom stereocenters. The smallest absolute Gasteiger partial charge is 0.334 e. The van der Waals surface area contributed by atoms with E-state index in [1.54, 1.807) is 43.3 Å². The maximum Gasteiger partial charge on any atom is 0.334 e. The van der Waals surface area contributed by atoms with Gasteiger partial charge in [-0.25, -0.2) is 4.79 Å². The predicted molar refractivity (Wildman–Crippen MR) is 131 cm³/mol. The second-order valence-electron chi connectivity index (χ2n) is 8.29. The summed E-state index contributed by atoms with van der Waals surface area (Å²) < 4.78 is 5.28. The van der Waals surface area contributed by atoms with Gasteiger partial charge in [0.2, 0.25) is 0 Å². The van der Waals surface area contributed by atoms with Gasteiger partial charge < -0.3 is 4.74 Å². The lowest BCUT2D eigenvalue weighted by atomic mass is 9.67. The highest BCUT2D eigenvalue weighted by Gasteiger charge is 2.56. The van der Waals surface area contributed by atoms with Crippen molar-refractivity contribution in [1.29, 1.82) is 0 Å². The minimum Gasteiger partial charge on any atom is -0.463 e. The molecule has 0 N–H and O–H groups in total. The fourth-order valence-electron chi connectivity index (χ4n) is 4.73. The normalized spacial score (nSPS) is 22.8. The molecule has 180 valence electrons. The number of Topliss-reactive ketones (excluding diaryl/α,β-unsaturated/α-hetero) is 1. The third-order valence-electron chi connectivity index (χ3n) is 6.36. The molecule has 1 spiro atoms. The molecule has 0 saturated carbocycles. The largest absolute Gasteiger partial charge is 0.463 e. The zero-order chi connectivity index (χ0) is 25.2. The van der Waals surface area contributed by atoms with Gasteiger partial charge in [-0.1, -0.05) is 18.2 Å². The third-order valence-corrected chi connectivity index (χ3v) is 7.54. The number of ether oxygens (including phenoxy) is 1. The Balaban J connectivity index is 1.76. The average Bonchev–Trinajstić information content (AvgIpc) is 3.22. The lowest BCUT2D eigenvalue weighted by molar-refractivity contribution is -0.385. The lowest BCUT2D eigenvalue weighted by Crippen LogP contribution is -2.45. The Kier molecular flexibility index (Phi) is 6.83.